The van der Waals surface area contributed by atoms with Gasteiger partial charge in [-0.2, -0.15) is 0 Å². The molecule has 0 radical (unpaired) electrons. The van der Waals surface area contributed by atoms with Crippen molar-refractivity contribution >= 4 is 0 Å². The van der Waals surface area contributed by atoms with Gasteiger partial charge in [-0.3, -0.25) is 0 Å². The zero-order valence-electron chi connectivity index (χ0n) is 13.2. The van der Waals surface area contributed by atoms with Gasteiger partial charge in [0.2, 0.25) is 5.88 Å². The van der Waals surface area contributed by atoms with E-state index in [0.29, 0.717) is 6.61 Å². The van der Waals surface area contributed by atoms with Crippen LogP contribution in [0.25, 0.3) is 0 Å². The summed E-state index contributed by atoms with van der Waals surface area (Å²) in [6.07, 6.45) is 4.80. The first-order chi connectivity index (χ1) is 10.4. The van der Waals surface area contributed by atoms with Gasteiger partial charge < -0.3 is 26.2 Å². The molecule has 122 valence electrons. The highest BCUT2D eigenvalue weighted by molar-refractivity contribution is 5.24. The number of rotatable bonds is 8. The van der Waals surface area contributed by atoms with Crippen LogP contribution in [0.4, 0.5) is 0 Å². The quantitative estimate of drug-likeness (QED) is 0.310. The summed E-state index contributed by atoms with van der Waals surface area (Å²) in [6, 6.07) is 8.09. The SMILES string of the molecule is CN(N)/C=C(\N)CCc1cccc(CO/C(N)=C/N(C)N)c1. The lowest BCUT2D eigenvalue weighted by Crippen LogP contribution is -2.21. The second-order valence-corrected chi connectivity index (χ2v) is 5.18. The van der Waals surface area contributed by atoms with Crippen molar-refractivity contribution in [1.82, 2.24) is 10.0 Å². The number of hydrogen-bond donors (Lipinski definition) is 4. The Hall–Kier alpha value is -2.38. The number of nitrogens with two attached hydrogens (primary N) is 4. The summed E-state index contributed by atoms with van der Waals surface area (Å²) in [4.78, 5) is 0. The summed E-state index contributed by atoms with van der Waals surface area (Å²) in [6.45, 7) is 0.390. The van der Waals surface area contributed by atoms with E-state index >= 15 is 0 Å². The molecule has 1 rings (SSSR count). The molecule has 0 fully saturated rings. The second kappa shape index (κ2) is 8.81. The van der Waals surface area contributed by atoms with Gasteiger partial charge in [-0.15, -0.1) is 0 Å². The molecule has 22 heavy (non-hydrogen) atoms. The Balaban J connectivity index is 2.55. The molecule has 0 saturated carbocycles. The molecule has 7 heteroatoms. The number of ether oxygens (including phenoxy) is 1. The van der Waals surface area contributed by atoms with Crippen molar-refractivity contribution in [2.24, 2.45) is 23.2 Å². The molecule has 0 amide bonds. The summed E-state index contributed by atoms with van der Waals surface area (Å²) in [5.41, 5.74) is 14.5. The van der Waals surface area contributed by atoms with Crippen molar-refractivity contribution in [3.05, 3.63) is 59.4 Å². The molecule has 1 aromatic rings. The number of hydrogen-bond acceptors (Lipinski definition) is 7. The number of allylic oxidation sites excluding steroid dienone is 1. The molecule has 0 unspecified atom stereocenters. The van der Waals surface area contributed by atoms with Gasteiger partial charge in [0.05, 0.1) is 6.20 Å². The molecule has 0 heterocycles. The lowest BCUT2D eigenvalue weighted by molar-refractivity contribution is 0.188. The predicted molar refractivity (Wildman–Crippen MR) is 88.0 cm³/mol. The lowest BCUT2D eigenvalue weighted by atomic mass is 10.1. The van der Waals surface area contributed by atoms with Crippen LogP contribution in [0, 0.1) is 0 Å². The van der Waals surface area contributed by atoms with Gasteiger partial charge in [-0.25, -0.2) is 11.7 Å². The van der Waals surface area contributed by atoms with Gasteiger partial charge in [0, 0.05) is 26.0 Å². The summed E-state index contributed by atoms with van der Waals surface area (Å²) >= 11 is 0. The van der Waals surface area contributed by atoms with Crippen LogP contribution in [-0.2, 0) is 17.8 Å². The molecule has 0 aliphatic heterocycles. The van der Waals surface area contributed by atoms with Crippen molar-refractivity contribution in [2.75, 3.05) is 14.1 Å². The highest BCUT2D eigenvalue weighted by Gasteiger charge is 2.00. The van der Waals surface area contributed by atoms with E-state index in [4.69, 9.17) is 27.9 Å². The normalized spacial score (nSPS) is 12.2. The summed E-state index contributed by atoms with van der Waals surface area (Å²) < 4.78 is 5.43. The molecule has 0 spiro atoms. The fraction of sp³-hybridized carbons (Fsp3) is 0.333. The maximum atomic E-state index is 5.88. The number of benzene rings is 1. The second-order valence-electron chi connectivity index (χ2n) is 5.18. The van der Waals surface area contributed by atoms with Gasteiger partial charge in [0.25, 0.3) is 0 Å². The Labute approximate surface area is 131 Å². The molecule has 0 bridgehead atoms. The molecule has 0 aromatic heterocycles. The first-order valence-electron chi connectivity index (χ1n) is 6.96. The first-order valence-corrected chi connectivity index (χ1v) is 6.96. The maximum Gasteiger partial charge on any atom is 0.202 e. The average molecular weight is 306 g/mol. The van der Waals surface area contributed by atoms with E-state index in [0.717, 1.165) is 24.1 Å². The van der Waals surface area contributed by atoms with Crippen LogP contribution in [0.3, 0.4) is 0 Å². The summed E-state index contributed by atoms with van der Waals surface area (Å²) in [7, 11) is 3.41. The Morgan fingerprint density at radius 2 is 1.73 bits per heavy atom. The Kier molecular flexibility index (Phi) is 7.07. The Morgan fingerprint density at radius 3 is 2.36 bits per heavy atom. The lowest BCUT2D eigenvalue weighted by Gasteiger charge is -2.11. The molecular formula is C15H26N6O. The predicted octanol–water partition coefficient (Wildman–Crippen LogP) is 0.305. The van der Waals surface area contributed by atoms with E-state index in [2.05, 4.69) is 12.1 Å². The van der Waals surface area contributed by atoms with Crippen LogP contribution >= 0.6 is 0 Å². The van der Waals surface area contributed by atoms with Gasteiger partial charge >= 0.3 is 0 Å². The summed E-state index contributed by atoms with van der Waals surface area (Å²) in [5, 5.41) is 2.79. The van der Waals surface area contributed by atoms with E-state index < -0.39 is 0 Å². The molecular weight excluding hydrogens is 280 g/mol. The first kappa shape index (κ1) is 17.7. The van der Waals surface area contributed by atoms with Crippen LogP contribution in [0.15, 0.2) is 48.2 Å². The van der Waals surface area contributed by atoms with Crippen molar-refractivity contribution in [3.8, 4) is 0 Å². The van der Waals surface area contributed by atoms with Crippen molar-refractivity contribution < 1.29 is 4.74 Å². The minimum Gasteiger partial charge on any atom is -0.473 e. The fourth-order valence-electron chi connectivity index (χ4n) is 1.89. The van der Waals surface area contributed by atoms with E-state index in [9.17, 15) is 0 Å². The fourth-order valence-corrected chi connectivity index (χ4v) is 1.89. The third-order valence-corrected chi connectivity index (χ3v) is 2.80. The average Bonchev–Trinajstić information content (AvgIpc) is 2.42. The Bertz CT molecular complexity index is 481. The zero-order chi connectivity index (χ0) is 16.5. The standard InChI is InChI=1S/C15H26N6O/c1-20(18)9-14(16)7-6-12-4-3-5-13(8-12)11-22-15(17)10-21(2)19/h3-5,8-10H,6-7,11,16-19H2,1-2H3/b14-9-,15-10+. The van der Waals surface area contributed by atoms with Crippen LogP contribution < -0.4 is 23.2 Å². The molecule has 8 N–H and O–H groups in total. The molecule has 0 aliphatic rings. The Morgan fingerprint density at radius 1 is 1.09 bits per heavy atom. The van der Waals surface area contributed by atoms with Gasteiger partial charge in [-0.05, 0) is 24.0 Å². The van der Waals surface area contributed by atoms with E-state index in [1.165, 1.54) is 21.8 Å². The highest BCUT2D eigenvalue weighted by Crippen LogP contribution is 2.11. The third kappa shape index (κ3) is 7.41. The van der Waals surface area contributed by atoms with E-state index in [-0.39, 0.29) is 5.88 Å². The van der Waals surface area contributed by atoms with Gasteiger partial charge in [0.15, 0.2) is 0 Å². The molecule has 0 saturated heterocycles. The third-order valence-electron chi connectivity index (χ3n) is 2.80. The number of nitrogens with zero attached hydrogens (tertiary/aromatic N) is 2. The minimum atomic E-state index is 0.272. The summed E-state index contributed by atoms with van der Waals surface area (Å²) in [5.74, 6) is 11.2. The number of aryl methyl sites for hydroxylation is 1. The van der Waals surface area contributed by atoms with Crippen molar-refractivity contribution in [1.29, 1.82) is 0 Å². The molecule has 1 aromatic carbocycles. The topological polar surface area (TPSA) is 120 Å². The van der Waals surface area contributed by atoms with Crippen molar-refractivity contribution in [3.63, 3.8) is 0 Å². The highest BCUT2D eigenvalue weighted by atomic mass is 16.5. The molecule has 7 nitrogen and oxygen atoms in total. The minimum absolute atomic E-state index is 0.272. The van der Waals surface area contributed by atoms with Crippen LogP contribution in [0.2, 0.25) is 0 Å². The van der Waals surface area contributed by atoms with Gasteiger partial charge in [0.1, 0.15) is 6.61 Å². The smallest absolute Gasteiger partial charge is 0.202 e. The number of hydrazine groups is 2. The van der Waals surface area contributed by atoms with Crippen LogP contribution in [-0.4, -0.2) is 24.1 Å². The zero-order valence-corrected chi connectivity index (χ0v) is 13.2. The maximum absolute atomic E-state index is 5.88. The van der Waals surface area contributed by atoms with Crippen LogP contribution in [0.1, 0.15) is 17.5 Å². The van der Waals surface area contributed by atoms with Crippen molar-refractivity contribution in [2.45, 2.75) is 19.4 Å². The molecule has 0 atom stereocenters. The van der Waals surface area contributed by atoms with Gasteiger partial charge in [-0.1, -0.05) is 24.3 Å². The van der Waals surface area contributed by atoms with E-state index in [1.54, 1.807) is 20.3 Å². The molecule has 0 aliphatic carbocycles. The van der Waals surface area contributed by atoms with Crippen LogP contribution in [0.5, 0.6) is 0 Å². The largest absolute Gasteiger partial charge is 0.473 e. The van der Waals surface area contributed by atoms with E-state index in [1.807, 2.05) is 12.1 Å². The monoisotopic (exact) mass is 306 g/mol.